The molecule has 0 bridgehead atoms. The maximum absolute atomic E-state index is 13.3. The van der Waals surface area contributed by atoms with Crippen LogP contribution in [0.5, 0.6) is 5.88 Å². The lowest BCUT2D eigenvalue weighted by Gasteiger charge is -2.30. The first-order valence-electron chi connectivity index (χ1n) is 15.6. The first-order valence-corrected chi connectivity index (χ1v) is 15.6. The van der Waals surface area contributed by atoms with Crippen molar-refractivity contribution >= 4 is 17.6 Å². The first kappa shape index (κ1) is 33.8. The third kappa shape index (κ3) is 9.93. The van der Waals surface area contributed by atoms with Crippen molar-refractivity contribution < 1.29 is 32.9 Å². The van der Waals surface area contributed by atoms with Gasteiger partial charge >= 0.3 is 5.97 Å². The minimum absolute atomic E-state index is 0.0166. The molecule has 1 aromatic heterocycles. The molecule has 2 aliphatic rings. The molecule has 9 nitrogen and oxygen atoms in total. The standard InChI is InChI=1S/C32H50FN3O6/c1-5-26(39-4)19-34-28-15-14-27(29(37)36-32(6-2,7-3)31(38)41-17-11-16-33)35-30(28)42-22-25-18-24(25)21-40-20-23-12-9-8-10-13-23/h9,12,14-15,23-26,34H,5-8,10-11,13,16-22H2,1-4H3,(H,36,37)/t23?,24-,25-,26?/m1/s1. The Morgan fingerprint density at radius 3 is 2.60 bits per heavy atom. The largest absolute Gasteiger partial charge is 0.476 e. The van der Waals surface area contributed by atoms with Crippen LogP contribution >= 0.6 is 0 Å². The molecule has 0 aromatic carbocycles. The molecule has 0 aliphatic heterocycles. The number of hydrogen-bond donors (Lipinski definition) is 2. The highest BCUT2D eigenvalue weighted by molar-refractivity contribution is 5.97. The Labute approximate surface area is 250 Å². The lowest BCUT2D eigenvalue weighted by molar-refractivity contribution is -0.152. The van der Waals surface area contributed by atoms with Crippen molar-refractivity contribution in [3.63, 3.8) is 0 Å². The average Bonchev–Trinajstić information content (AvgIpc) is 3.78. The van der Waals surface area contributed by atoms with Crippen molar-refractivity contribution in [3.05, 3.63) is 30.0 Å². The number of allylic oxidation sites excluding steroid dienone is 1. The van der Waals surface area contributed by atoms with E-state index in [-0.39, 0.29) is 24.8 Å². The van der Waals surface area contributed by atoms with Gasteiger partial charge in [-0.25, -0.2) is 9.78 Å². The molecule has 2 aliphatic carbocycles. The summed E-state index contributed by atoms with van der Waals surface area (Å²) in [5.41, 5.74) is -0.426. The summed E-state index contributed by atoms with van der Waals surface area (Å²) in [5, 5.41) is 6.18. The van der Waals surface area contributed by atoms with Crippen LogP contribution in [0.1, 0.15) is 82.6 Å². The lowest BCUT2D eigenvalue weighted by Crippen LogP contribution is -2.54. The number of hydrogen-bond acceptors (Lipinski definition) is 8. The predicted molar refractivity (Wildman–Crippen MR) is 161 cm³/mol. The van der Waals surface area contributed by atoms with Gasteiger partial charge in [0, 0.05) is 32.6 Å². The van der Waals surface area contributed by atoms with E-state index in [0.717, 1.165) is 26.1 Å². The third-order valence-electron chi connectivity index (χ3n) is 8.38. The number of esters is 1. The topological polar surface area (TPSA) is 108 Å². The molecule has 0 saturated heterocycles. The van der Waals surface area contributed by atoms with Crippen LogP contribution in [-0.4, -0.2) is 75.3 Å². The summed E-state index contributed by atoms with van der Waals surface area (Å²) in [6.45, 7) is 7.58. The van der Waals surface area contributed by atoms with Gasteiger partial charge in [-0.05, 0) is 68.9 Å². The van der Waals surface area contributed by atoms with Crippen LogP contribution in [0, 0.1) is 17.8 Å². The fourth-order valence-corrected chi connectivity index (χ4v) is 5.13. The fourth-order valence-electron chi connectivity index (χ4n) is 5.13. The molecule has 2 N–H and O–H groups in total. The number of nitrogens with zero attached hydrogens (tertiary/aromatic N) is 1. The van der Waals surface area contributed by atoms with Gasteiger partial charge in [0.15, 0.2) is 0 Å². The number of methoxy groups -OCH3 is 1. The summed E-state index contributed by atoms with van der Waals surface area (Å²) in [7, 11) is 1.68. The van der Waals surface area contributed by atoms with E-state index in [2.05, 4.69) is 34.7 Å². The van der Waals surface area contributed by atoms with E-state index in [1.807, 2.05) is 0 Å². The summed E-state index contributed by atoms with van der Waals surface area (Å²) < 4.78 is 35.4. The molecule has 0 spiro atoms. The summed E-state index contributed by atoms with van der Waals surface area (Å²) in [6, 6.07) is 3.38. The highest BCUT2D eigenvalue weighted by atomic mass is 19.1. The van der Waals surface area contributed by atoms with E-state index in [1.165, 1.54) is 19.3 Å². The Bertz CT molecular complexity index is 1010. The van der Waals surface area contributed by atoms with Crippen LogP contribution in [-0.2, 0) is 19.0 Å². The minimum Gasteiger partial charge on any atom is -0.476 e. The Morgan fingerprint density at radius 2 is 1.93 bits per heavy atom. The number of carbonyl (C=O) groups excluding carboxylic acids is 2. The van der Waals surface area contributed by atoms with E-state index in [4.69, 9.17) is 18.9 Å². The number of halogens is 1. The SMILES string of the molecule is CCC(CNc1ccc(C(=O)NC(CC)(CC)C(=O)OCCCF)nc1OC[C@H]1C[C@@H]1COCC1C=CCCC1)OC. The fraction of sp³-hybridized carbons (Fsp3) is 0.719. The number of amides is 1. The number of alkyl halides is 1. The number of nitrogens with one attached hydrogen (secondary N) is 2. The molecule has 1 fully saturated rings. The van der Waals surface area contributed by atoms with E-state index in [0.29, 0.717) is 55.3 Å². The second kappa shape index (κ2) is 17.4. The summed E-state index contributed by atoms with van der Waals surface area (Å²) >= 11 is 0. The summed E-state index contributed by atoms with van der Waals surface area (Å²) in [6.07, 6.45) is 10.8. The van der Waals surface area contributed by atoms with Crippen LogP contribution in [0.15, 0.2) is 24.3 Å². The molecular formula is C32H50FN3O6. The van der Waals surface area contributed by atoms with Crippen LogP contribution < -0.4 is 15.4 Å². The lowest BCUT2D eigenvalue weighted by atomic mass is 9.92. The zero-order valence-corrected chi connectivity index (χ0v) is 25.8. The van der Waals surface area contributed by atoms with Crippen molar-refractivity contribution in [2.75, 3.05) is 52.1 Å². The zero-order valence-electron chi connectivity index (χ0n) is 25.8. The van der Waals surface area contributed by atoms with Gasteiger partial charge in [0.1, 0.15) is 11.2 Å². The number of carbonyl (C=O) groups is 2. The quantitative estimate of drug-likeness (QED) is 0.116. The molecule has 3 rings (SSSR count). The maximum Gasteiger partial charge on any atom is 0.331 e. The van der Waals surface area contributed by atoms with E-state index < -0.39 is 24.1 Å². The molecular weight excluding hydrogens is 541 g/mol. The van der Waals surface area contributed by atoms with Crippen LogP contribution in [0.3, 0.4) is 0 Å². The Hall–Kier alpha value is -2.72. The van der Waals surface area contributed by atoms with Gasteiger partial charge < -0.3 is 29.6 Å². The van der Waals surface area contributed by atoms with E-state index in [1.54, 1.807) is 33.1 Å². The molecule has 1 aromatic rings. The number of anilines is 1. The average molecular weight is 592 g/mol. The smallest absolute Gasteiger partial charge is 0.331 e. The van der Waals surface area contributed by atoms with Crippen LogP contribution in [0.2, 0.25) is 0 Å². The van der Waals surface area contributed by atoms with Crippen molar-refractivity contribution in [3.8, 4) is 5.88 Å². The normalized spacial score (nSPS) is 20.5. The first-order chi connectivity index (χ1) is 20.4. The molecule has 4 atom stereocenters. The predicted octanol–water partition coefficient (Wildman–Crippen LogP) is 5.50. The molecule has 2 unspecified atom stereocenters. The van der Waals surface area contributed by atoms with Gasteiger partial charge in [0.25, 0.3) is 5.91 Å². The van der Waals surface area contributed by atoms with Crippen molar-refractivity contribution in [2.24, 2.45) is 17.8 Å². The van der Waals surface area contributed by atoms with Gasteiger partial charge in [-0.1, -0.05) is 32.9 Å². The van der Waals surface area contributed by atoms with Crippen molar-refractivity contribution in [1.29, 1.82) is 0 Å². The highest BCUT2D eigenvalue weighted by Crippen LogP contribution is 2.39. The van der Waals surface area contributed by atoms with Crippen molar-refractivity contribution in [2.45, 2.75) is 83.8 Å². The minimum atomic E-state index is -1.23. The second-order valence-electron chi connectivity index (χ2n) is 11.3. The monoisotopic (exact) mass is 591 g/mol. The van der Waals surface area contributed by atoms with Gasteiger partial charge in [0.05, 0.1) is 38.3 Å². The Morgan fingerprint density at radius 1 is 1.14 bits per heavy atom. The van der Waals surface area contributed by atoms with Gasteiger partial charge in [-0.15, -0.1) is 0 Å². The van der Waals surface area contributed by atoms with Gasteiger partial charge in [-0.3, -0.25) is 9.18 Å². The van der Waals surface area contributed by atoms with Gasteiger partial charge in [0.2, 0.25) is 5.88 Å². The molecule has 10 heteroatoms. The molecule has 236 valence electrons. The molecule has 1 heterocycles. The van der Waals surface area contributed by atoms with Crippen LogP contribution in [0.25, 0.3) is 0 Å². The summed E-state index contributed by atoms with van der Waals surface area (Å²) in [4.78, 5) is 30.7. The molecule has 1 saturated carbocycles. The Balaban J connectivity index is 1.64. The Kier molecular flexibility index (Phi) is 14.0. The number of rotatable bonds is 20. The molecule has 0 radical (unpaired) electrons. The summed E-state index contributed by atoms with van der Waals surface area (Å²) in [5.74, 6) is 0.599. The maximum atomic E-state index is 13.3. The molecule has 1 amide bonds. The van der Waals surface area contributed by atoms with E-state index in [9.17, 15) is 14.0 Å². The number of aromatic nitrogens is 1. The van der Waals surface area contributed by atoms with Crippen LogP contribution in [0.4, 0.5) is 10.1 Å². The van der Waals surface area contributed by atoms with E-state index >= 15 is 0 Å². The second-order valence-corrected chi connectivity index (χ2v) is 11.3. The number of pyridine rings is 1. The third-order valence-corrected chi connectivity index (χ3v) is 8.38. The highest BCUT2D eigenvalue weighted by Gasteiger charge is 2.40. The van der Waals surface area contributed by atoms with Gasteiger partial charge in [-0.2, -0.15) is 0 Å². The van der Waals surface area contributed by atoms with Crippen molar-refractivity contribution in [1.82, 2.24) is 10.3 Å². The number of ether oxygens (including phenoxy) is 4. The zero-order chi connectivity index (χ0) is 30.4. The molecule has 42 heavy (non-hydrogen) atoms.